The highest BCUT2D eigenvalue weighted by Crippen LogP contribution is 2.37. The van der Waals surface area contributed by atoms with Crippen LogP contribution in [0.15, 0.2) is 66.7 Å². The second-order valence-electron chi connectivity index (χ2n) is 6.95. The quantitative estimate of drug-likeness (QED) is 0.498. The number of aryl methyl sites for hydroxylation is 1. The molecule has 0 fully saturated rings. The molecule has 1 aromatic heterocycles. The average molecular weight is 342 g/mol. The molecule has 0 aliphatic carbocycles. The van der Waals surface area contributed by atoms with Crippen molar-refractivity contribution in [2.45, 2.75) is 26.8 Å². The highest BCUT2D eigenvalue weighted by molar-refractivity contribution is 6.02. The van der Waals surface area contributed by atoms with Crippen LogP contribution < -0.4 is 0 Å². The zero-order valence-electron chi connectivity index (χ0n) is 15.3. The van der Waals surface area contributed by atoms with Crippen LogP contribution in [0.1, 0.15) is 25.5 Å². The molecule has 1 heterocycles. The Hall–Kier alpha value is -3.07. The normalized spacial score (nSPS) is 11.4. The van der Waals surface area contributed by atoms with E-state index in [1.807, 2.05) is 19.1 Å². The van der Waals surface area contributed by atoms with Gasteiger partial charge < -0.3 is 5.11 Å². The van der Waals surface area contributed by atoms with E-state index >= 15 is 0 Å². The molecule has 0 saturated heterocycles. The number of rotatable bonds is 3. The Balaban J connectivity index is 2.06. The summed E-state index contributed by atoms with van der Waals surface area (Å²) in [5.74, 6) is 0.281. The number of benzene rings is 3. The van der Waals surface area contributed by atoms with Gasteiger partial charge in [-0.1, -0.05) is 48.5 Å². The topological polar surface area (TPSA) is 38.1 Å². The molecular weight excluding hydrogens is 320 g/mol. The van der Waals surface area contributed by atoms with Crippen molar-refractivity contribution in [3.05, 3.63) is 72.3 Å². The van der Waals surface area contributed by atoms with Crippen LogP contribution in [0.5, 0.6) is 5.75 Å². The van der Waals surface area contributed by atoms with E-state index in [0.717, 1.165) is 27.7 Å². The predicted molar refractivity (Wildman–Crippen MR) is 107 cm³/mol. The molecule has 0 amide bonds. The number of para-hydroxylation sites is 1. The van der Waals surface area contributed by atoms with Crippen LogP contribution in [0.4, 0.5) is 0 Å². The summed E-state index contributed by atoms with van der Waals surface area (Å²) < 4.78 is 2.11. The van der Waals surface area contributed by atoms with Crippen molar-refractivity contribution in [3.63, 3.8) is 0 Å². The van der Waals surface area contributed by atoms with Crippen LogP contribution in [0.2, 0.25) is 0 Å². The maximum absolute atomic E-state index is 9.76. The van der Waals surface area contributed by atoms with Crippen molar-refractivity contribution in [2.75, 3.05) is 0 Å². The SMILES string of the molecule is Cc1cc(O)ccc1-c1nn(C(C)C)c2c(-c3ccccc3)cccc12. The lowest BCUT2D eigenvalue weighted by atomic mass is 9.98. The van der Waals surface area contributed by atoms with Crippen molar-refractivity contribution in [3.8, 4) is 28.1 Å². The highest BCUT2D eigenvalue weighted by atomic mass is 16.3. The third kappa shape index (κ3) is 2.66. The molecule has 0 atom stereocenters. The van der Waals surface area contributed by atoms with Crippen LogP contribution in [0, 0.1) is 6.92 Å². The predicted octanol–water partition coefficient (Wildman–Crippen LogP) is 5.97. The van der Waals surface area contributed by atoms with Gasteiger partial charge in [-0.3, -0.25) is 4.68 Å². The van der Waals surface area contributed by atoms with Gasteiger partial charge in [0.15, 0.2) is 0 Å². The van der Waals surface area contributed by atoms with E-state index in [0.29, 0.717) is 0 Å². The van der Waals surface area contributed by atoms with E-state index < -0.39 is 0 Å². The Bertz CT molecular complexity index is 1080. The Morgan fingerprint density at radius 3 is 2.35 bits per heavy atom. The van der Waals surface area contributed by atoms with Crippen molar-refractivity contribution in [2.24, 2.45) is 0 Å². The van der Waals surface area contributed by atoms with Gasteiger partial charge in [0, 0.05) is 22.6 Å². The highest BCUT2D eigenvalue weighted by Gasteiger charge is 2.18. The van der Waals surface area contributed by atoms with Gasteiger partial charge in [0.2, 0.25) is 0 Å². The fourth-order valence-electron chi connectivity index (χ4n) is 3.53. The smallest absolute Gasteiger partial charge is 0.115 e. The fraction of sp³-hybridized carbons (Fsp3) is 0.174. The van der Waals surface area contributed by atoms with Crippen LogP contribution >= 0.6 is 0 Å². The number of hydrogen-bond acceptors (Lipinski definition) is 2. The Morgan fingerprint density at radius 1 is 0.885 bits per heavy atom. The van der Waals surface area contributed by atoms with E-state index in [9.17, 15) is 5.11 Å². The van der Waals surface area contributed by atoms with Crippen molar-refractivity contribution in [1.29, 1.82) is 0 Å². The minimum absolute atomic E-state index is 0.244. The third-order valence-corrected chi connectivity index (χ3v) is 4.77. The molecule has 26 heavy (non-hydrogen) atoms. The van der Waals surface area contributed by atoms with Crippen LogP contribution in [-0.4, -0.2) is 14.9 Å². The summed E-state index contributed by atoms with van der Waals surface area (Å²) in [7, 11) is 0. The first kappa shape index (κ1) is 16.4. The van der Waals surface area contributed by atoms with Gasteiger partial charge in [0.25, 0.3) is 0 Å². The lowest BCUT2D eigenvalue weighted by molar-refractivity contribution is 0.475. The van der Waals surface area contributed by atoms with E-state index in [-0.39, 0.29) is 11.8 Å². The van der Waals surface area contributed by atoms with E-state index in [1.165, 1.54) is 11.1 Å². The fourth-order valence-corrected chi connectivity index (χ4v) is 3.53. The van der Waals surface area contributed by atoms with Gasteiger partial charge in [-0.05, 0) is 50.1 Å². The zero-order valence-corrected chi connectivity index (χ0v) is 15.3. The minimum atomic E-state index is 0.244. The van der Waals surface area contributed by atoms with Gasteiger partial charge in [-0.25, -0.2) is 0 Å². The summed E-state index contributed by atoms with van der Waals surface area (Å²) in [6, 6.07) is 22.5. The molecule has 3 heteroatoms. The van der Waals surface area contributed by atoms with Gasteiger partial charge in [-0.2, -0.15) is 5.10 Å². The largest absolute Gasteiger partial charge is 0.508 e. The summed E-state index contributed by atoms with van der Waals surface area (Å²) in [4.78, 5) is 0. The number of fused-ring (bicyclic) bond motifs is 1. The lowest BCUT2D eigenvalue weighted by Gasteiger charge is -2.11. The van der Waals surface area contributed by atoms with Crippen LogP contribution in [0.3, 0.4) is 0 Å². The lowest BCUT2D eigenvalue weighted by Crippen LogP contribution is -2.03. The van der Waals surface area contributed by atoms with Gasteiger partial charge in [0.05, 0.1) is 5.52 Å². The molecule has 0 unspecified atom stereocenters. The summed E-state index contributed by atoms with van der Waals surface area (Å²) >= 11 is 0. The summed E-state index contributed by atoms with van der Waals surface area (Å²) in [6.07, 6.45) is 0. The zero-order chi connectivity index (χ0) is 18.3. The summed E-state index contributed by atoms with van der Waals surface area (Å²) in [5, 5.41) is 15.9. The van der Waals surface area contributed by atoms with Gasteiger partial charge >= 0.3 is 0 Å². The minimum Gasteiger partial charge on any atom is -0.508 e. The van der Waals surface area contributed by atoms with E-state index in [1.54, 1.807) is 12.1 Å². The Morgan fingerprint density at radius 2 is 1.65 bits per heavy atom. The molecule has 0 aliphatic rings. The molecule has 0 aliphatic heterocycles. The van der Waals surface area contributed by atoms with Crippen LogP contribution in [0.25, 0.3) is 33.3 Å². The average Bonchev–Trinajstić information content (AvgIpc) is 3.02. The number of nitrogens with zero attached hydrogens (tertiary/aromatic N) is 2. The molecule has 3 aromatic carbocycles. The molecule has 3 nitrogen and oxygen atoms in total. The number of phenols is 1. The van der Waals surface area contributed by atoms with Gasteiger partial charge in [-0.15, -0.1) is 0 Å². The Kier molecular flexibility index (Phi) is 4.00. The maximum Gasteiger partial charge on any atom is 0.115 e. The van der Waals surface area contributed by atoms with Gasteiger partial charge in [0.1, 0.15) is 11.4 Å². The first-order valence-electron chi connectivity index (χ1n) is 8.93. The molecule has 4 rings (SSSR count). The Labute approximate surface area is 153 Å². The van der Waals surface area contributed by atoms with Crippen molar-refractivity contribution < 1.29 is 5.11 Å². The van der Waals surface area contributed by atoms with E-state index in [4.69, 9.17) is 5.10 Å². The van der Waals surface area contributed by atoms with Crippen LogP contribution in [-0.2, 0) is 0 Å². The van der Waals surface area contributed by atoms with E-state index in [2.05, 4.69) is 61.0 Å². The molecule has 0 saturated carbocycles. The molecule has 4 aromatic rings. The molecular formula is C23H22N2O. The molecule has 0 radical (unpaired) electrons. The van der Waals surface area contributed by atoms with Crippen molar-refractivity contribution >= 4 is 10.9 Å². The monoisotopic (exact) mass is 342 g/mol. The second kappa shape index (κ2) is 6.34. The number of aromatic hydroxyl groups is 1. The molecule has 1 N–H and O–H groups in total. The first-order valence-corrected chi connectivity index (χ1v) is 8.93. The standard InChI is InChI=1S/C23H22N2O/c1-15(2)25-23-20(17-8-5-4-6-9-17)10-7-11-21(23)22(24-25)19-13-12-18(26)14-16(19)3/h4-15,26H,1-3H3. The second-order valence-corrected chi connectivity index (χ2v) is 6.95. The maximum atomic E-state index is 9.76. The molecule has 130 valence electrons. The number of aromatic nitrogens is 2. The third-order valence-electron chi connectivity index (χ3n) is 4.77. The number of hydrogen-bond donors (Lipinski definition) is 1. The van der Waals surface area contributed by atoms with Crippen molar-refractivity contribution in [1.82, 2.24) is 9.78 Å². The first-order chi connectivity index (χ1) is 12.6. The summed E-state index contributed by atoms with van der Waals surface area (Å²) in [6.45, 7) is 6.32. The molecule has 0 spiro atoms. The summed E-state index contributed by atoms with van der Waals surface area (Å²) in [5.41, 5.74) is 6.56. The molecule has 0 bridgehead atoms. The number of phenolic OH excluding ortho intramolecular Hbond substituents is 1.